The molecule has 2 rings (SSSR count). The van der Waals surface area contributed by atoms with E-state index in [4.69, 9.17) is 4.74 Å². The van der Waals surface area contributed by atoms with E-state index >= 15 is 0 Å². The molecule has 1 aromatic heterocycles. The molecule has 1 heterocycles. The largest absolute Gasteiger partial charge is 0.374 e. The highest BCUT2D eigenvalue weighted by molar-refractivity contribution is 7.12. The van der Waals surface area contributed by atoms with Crippen molar-refractivity contribution in [3.05, 3.63) is 21.4 Å². The smallest absolute Gasteiger partial charge is 0.0731 e. The summed E-state index contributed by atoms with van der Waals surface area (Å²) in [6, 6.07) is 2.34. The Bertz CT molecular complexity index is 405. The molecular weight excluding hydrogens is 278 g/mol. The molecular formula is C18H31NOS. The standard InChI is InChI=1S/C18H31NOS/c1-14(2)11-19-12-18-10-16(15(3)21-18)13-20-17-8-6-4-5-7-9-17/h10,14,17,19H,4-9,11-13H2,1-3H3. The molecule has 0 bridgehead atoms. The predicted octanol–water partition coefficient (Wildman–Crippen LogP) is 5.04. The van der Waals surface area contributed by atoms with E-state index in [-0.39, 0.29) is 0 Å². The number of aryl methyl sites for hydroxylation is 1. The van der Waals surface area contributed by atoms with Crippen molar-refractivity contribution in [1.29, 1.82) is 0 Å². The molecule has 0 amide bonds. The van der Waals surface area contributed by atoms with Crippen molar-refractivity contribution in [3.63, 3.8) is 0 Å². The minimum Gasteiger partial charge on any atom is -0.374 e. The predicted molar refractivity (Wildman–Crippen MR) is 91.9 cm³/mol. The molecule has 21 heavy (non-hydrogen) atoms. The quantitative estimate of drug-likeness (QED) is 0.712. The molecule has 0 unspecified atom stereocenters. The SMILES string of the molecule is Cc1sc(CNCC(C)C)cc1COC1CCCCCC1. The first kappa shape index (κ1) is 17.0. The van der Waals surface area contributed by atoms with Gasteiger partial charge in [0, 0.05) is 16.3 Å². The molecule has 1 fully saturated rings. The van der Waals surface area contributed by atoms with E-state index in [1.54, 1.807) is 0 Å². The summed E-state index contributed by atoms with van der Waals surface area (Å²) in [5.74, 6) is 0.712. The lowest BCUT2D eigenvalue weighted by Crippen LogP contribution is -2.18. The van der Waals surface area contributed by atoms with E-state index in [9.17, 15) is 0 Å². The van der Waals surface area contributed by atoms with Crippen LogP contribution in [0.2, 0.25) is 0 Å². The van der Waals surface area contributed by atoms with E-state index in [1.165, 1.54) is 53.8 Å². The average Bonchev–Trinajstić information content (AvgIpc) is 2.65. The van der Waals surface area contributed by atoms with Crippen LogP contribution in [0.5, 0.6) is 0 Å². The van der Waals surface area contributed by atoms with Gasteiger partial charge in [-0.25, -0.2) is 0 Å². The first-order chi connectivity index (χ1) is 10.1. The lowest BCUT2D eigenvalue weighted by atomic mass is 10.1. The molecule has 1 saturated carbocycles. The van der Waals surface area contributed by atoms with Crippen LogP contribution in [0.1, 0.15) is 67.7 Å². The van der Waals surface area contributed by atoms with Crippen LogP contribution in [0, 0.1) is 12.8 Å². The summed E-state index contributed by atoms with van der Waals surface area (Å²) in [6.07, 6.45) is 8.48. The summed E-state index contributed by atoms with van der Waals surface area (Å²) in [7, 11) is 0. The van der Waals surface area contributed by atoms with Gasteiger partial charge in [-0.3, -0.25) is 0 Å². The zero-order valence-electron chi connectivity index (χ0n) is 13.9. The van der Waals surface area contributed by atoms with Gasteiger partial charge < -0.3 is 10.1 Å². The highest BCUT2D eigenvalue weighted by atomic mass is 32.1. The Morgan fingerprint density at radius 1 is 1.24 bits per heavy atom. The maximum atomic E-state index is 6.17. The van der Waals surface area contributed by atoms with Crippen LogP contribution in [-0.2, 0) is 17.9 Å². The summed E-state index contributed by atoms with van der Waals surface area (Å²) in [5, 5.41) is 3.53. The Hall–Kier alpha value is -0.380. The van der Waals surface area contributed by atoms with Gasteiger partial charge in [0.15, 0.2) is 0 Å². The van der Waals surface area contributed by atoms with Crippen molar-refractivity contribution in [3.8, 4) is 0 Å². The lowest BCUT2D eigenvalue weighted by molar-refractivity contribution is 0.0309. The fourth-order valence-corrected chi connectivity index (χ4v) is 3.94. The Morgan fingerprint density at radius 3 is 2.62 bits per heavy atom. The van der Waals surface area contributed by atoms with Gasteiger partial charge >= 0.3 is 0 Å². The van der Waals surface area contributed by atoms with Gasteiger partial charge in [-0.05, 0) is 43.9 Å². The highest BCUT2D eigenvalue weighted by Crippen LogP contribution is 2.25. The topological polar surface area (TPSA) is 21.3 Å². The Morgan fingerprint density at radius 2 is 1.95 bits per heavy atom. The zero-order valence-corrected chi connectivity index (χ0v) is 14.7. The molecule has 120 valence electrons. The fourth-order valence-electron chi connectivity index (χ4n) is 2.92. The number of hydrogen-bond acceptors (Lipinski definition) is 3. The van der Waals surface area contributed by atoms with Crippen LogP contribution < -0.4 is 5.32 Å². The van der Waals surface area contributed by atoms with E-state index < -0.39 is 0 Å². The van der Waals surface area contributed by atoms with Gasteiger partial charge in [0.1, 0.15) is 0 Å². The number of ether oxygens (including phenoxy) is 1. The summed E-state index contributed by atoms with van der Waals surface area (Å²) in [5.41, 5.74) is 1.39. The van der Waals surface area contributed by atoms with Crippen LogP contribution in [0.3, 0.4) is 0 Å². The van der Waals surface area contributed by atoms with E-state index in [0.29, 0.717) is 12.0 Å². The van der Waals surface area contributed by atoms with E-state index in [0.717, 1.165) is 19.7 Å². The molecule has 1 N–H and O–H groups in total. The maximum absolute atomic E-state index is 6.17. The number of rotatable bonds is 7. The highest BCUT2D eigenvalue weighted by Gasteiger charge is 2.14. The second kappa shape index (κ2) is 8.92. The van der Waals surface area contributed by atoms with Crippen LogP contribution >= 0.6 is 11.3 Å². The molecule has 0 spiro atoms. The summed E-state index contributed by atoms with van der Waals surface area (Å²) in [4.78, 5) is 2.86. The number of nitrogens with one attached hydrogen (secondary N) is 1. The van der Waals surface area contributed by atoms with Crippen LogP contribution in [-0.4, -0.2) is 12.6 Å². The summed E-state index contributed by atoms with van der Waals surface area (Å²) < 4.78 is 6.17. The molecule has 0 atom stereocenters. The Kier molecular flexibility index (Phi) is 7.21. The van der Waals surface area contributed by atoms with Crippen molar-refractivity contribution < 1.29 is 4.74 Å². The van der Waals surface area contributed by atoms with Crippen molar-refractivity contribution >= 4 is 11.3 Å². The van der Waals surface area contributed by atoms with Gasteiger partial charge in [0.05, 0.1) is 12.7 Å². The van der Waals surface area contributed by atoms with Crippen molar-refractivity contribution in [2.45, 2.75) is 78.6 Å². The summed E-state index contributed by atoms with van der Waals surface area (Å²) >= 11 is 1.91. The second-order valence-electron chi connectivity index (χ2n) is 6.74. The minimum absolute atomic E-state index is 0.495. The molecule has 3 heteroatoms. The number of hydrogen-bond donors (Lipinski definition) is 1. The minimum atomic E-state index is 0.495. The van der Waals surface area contributed by atoms with Gasteiger partial charge in [-0.2, -0.15) is 0 Å². The fraction of sp³-hybridized carbons (Fsp3) is 0.778. The lowest BCUT2D eigenvalue weighted by Gasteiger charge is -2.15. The normalized spacial score (nSPS) is 17.3. The second-order valence-corrected chi connectivity index (χ2v) is 8.08. The molecule has 0 aromatic carbocycles. The van der Waals surface area contributed by atoms with Gasteiger partial charge in [0.2, 0.25) is 0 Å². The Labute approximate surface area is 134 Å². The van der Waals surface area contributed by atoms with Gasteiger partial charge in [-0.1, -0.05) is 39.5 Å². The molecule has 0 aliphatic heterocycles. The maximum Gasteiger partial charge on any atom is 0.0731 e. The van der Waals surface area contributed by atoms with Crippen LogP contribution in [0.4, 0.5) is 0 Å². The van der Waals surface area contributed by atoms with E-state index in [2.05, 4.69) is 32.2 Å². The third kappa shape index (κ3) is 6.09. The third-order valence-electron chi connectivity index (χ3n) is 4.20. The molecule has 2 nitrogen and oxygen atoms in total. The molecule has 0 radical (unpaired) electrons. The molecule has 1 aliphatic rings. The first-order valence-corrected chi connectivity index (χ1v) is 9.37. The van der Waals surface area contributed by atoms with E-state index in [1.807, 2.05) is 11.3 Å². The van der Waals surface area contributed by atoms with Crippen LogP contribution in [0.25, 0.3) is 0 Å². The zero-order chi connectivity index (χ0) is 15.1. The summed E-state index contributed by atoms with van der Waals surface area (Å²) in [6.45, 7) is 9.61. The molecule has 0 saturated heterocycles. The third-order valence-corrected chi connectivity index (χ3v) is 5.29. The Balaban J connectivity index is 1.78. The first-order valence-electron chi connectivity index (χ1n) is 8.55. The molecule has 1 aromatic rings. The van der Waals surface area contributed by atoms with Crippen molar-refractivity contribution in [2.75, 3.05) is 6.54 Å². The average molecular weight is 310 g/mol. The monoisotopic (exact) mass is 309 g/mol. The van der Waals surface area contributed by atoms with Crippen LogP contribution in [0.15, 0.2) is 6.07 Å². The van der Waals surface area contributed by atoms with Gasteiger partial charge in [-0.15, -0.1) is 11.3 Å². The van der Waals surface area contributed by atoms with Crippen molar-refractivity contribution in [2.24, 2.45) is 5.92 Å². The van der Waals surface area contributed by atoms with Gasteiger partial charge in [0.25, 0.3) is 0 Å². The van der Waals surface area contributed by atoms with Crippen molar-refractivity contribution in [1.82, 2.24) is 5.32 Å². The number of thiophene rings is 1. The molecule has 1 aliphatic carbocycles.